The molecule has 1 atom stereocenters. The van der Waals surface area contributed by atoms with Crippen LogP contribution in [-0.2, 0) is 12.0 Å². The van der Waals surface area contributed by atoms with Crippen LogP contribution in [0.25, 0.3) is 0 Å². The smallest absolute Gasteiger partial charge is 0.123 e. The summed E-state index contributed by atoms with van der Waals surface area (Å²) in [5, 5.41) is 11.6. The van der Waals surface area contributed by atoms with Gasteiger partial charge in [0.25, 0.3) is 0 Å². The maximum absolute atomic E-state index is 13.4. The van der Waals surface area contributed by atoms with E-state index in [4.69, 9.17) is 0 Å². The van der Waals surface area contributed by atoms with Crippen molar-refractivity contribution in [3.8, 4) is 0 Å². The van der Waals surface area contributed by atoms with Gasteiger partial charge in [-0.25, -0.2) is 4.39 Å². The van der Waals surface area contributed by atoms with E-state index in [-0.39, 0.29) is 5.82 Å². The molecule has 1 saturated carbocycles. The Balaban J connectivity index is 1.51. The van der Waals surface area contributed by atoms with E-state index in [1.54, 1.807) is 12.1 Å². The molecule has 2 nitrogen and oxygen atoms in total. The minimum absolute atomic E-state index is 0.259. The Bertz CT molecular complexity index is 710. The Kier molecular flexibility index (Phi) is 5.60. The minimum atomic E-state index is -0.972. The summed E-state index contributed by atoms with van der Waals surface area (Å²) in [7, 11) is 0. The average molecular weight is 368 g/mol. The number of halogens is 1. The molecule has 2 saturated heterocycles. The average Bonchev–Trinajstić information content (AvgIpc) is 3.01. The van der Waals surface area contributed by atoms with Crippen molar-refractivity contribution in [2.75, 3.05) is 19.6 Å². The highest BCUT2D eigenvalue weighted by atomic mass is 19.1. The van der Waals surface area contributed by atoms with Crippen LogP contribution in [0, 0.1) is 17.7 Å². The molecule has 0 unspecified atom stereocenters. The van der Waals surface area contributed by atoms with E-state index in [1.807, 2.05) is 18.2 Å². The Labute approximate surface area is 162 Å². The molecule has 0 spiro atoms. The fourth-order valence-corrected chi connectivity index (χ4v) is 4.96. The van der Waals surface area contributed by atoms with Gasteiger partial charge in [-0.15, -0.1) is 0 Å². The number of hydrogen-bond donors (Lipinski definition) is 1. The molecule has 0 aromatic heterocycles. The van der Waals surface area contributed by atoms with Crippen LogP contribution in [0.2, 0.25) is 0 Å². The number of rotatable bonds is 6. The molecule has 2 bridgehead atoms. The maximum atomic E-state index is 13.4. The lowest BCUT2D eigenvalue weighted by Crippen LogP contribution is -2.37. The summed E-state index contributed by atoms with van der Waals surface area (Å²) >= 11 is 0. The third-order valence-corrected chi connectivity index (χ3v) is 6.56. The normalized spacial score (nSPS) is 25.1. The summed E-state index contributed by atoms with van der Waals surface area (Å²) in [5.41, 5.74) is 0.950. The number of fused-ring (bicyclic) bond motifs is 4. The van der Waals surface area contributed by atoms with Gasteiger partial charge < -0.3 is 10.0 Å². The molecule has 144 valence electrons. The first-order valence-electron chi connectivity index (χ1n) is 10.4. The second kappa shape index (κ2) is 8.12. The molecule has 27 heavy (non-hydrogen) atoms. The first kappa shape index (κ1) is 18.6. The van der Waals surface area contributed by atoms with Crippen LogP contribution >= 0.6 is 0 Å². The summed E-state index contributed by atoms with van der Waals surface area (Å²) in [6.07, 6.45) is 6.70. The summed E-state index contributed by atoms with van der Waals surface area (Å²) in [6, 6.07) is 16.5. The Morgan fingerprint density at radius 1 is 0.889 bits per heavy atom. The topological polar surface area (TPSA) is 23.5 Å². The highest BCUT2D eigenvalue weighted by Gasteiger charge is 2.33. The Hall–Kier alpha value is -1.71. The monoisotopic (exact) mass is 367 g/mol. The van der Waals surface area contributed by atoms with E-state index < -0.39 is 5.60 Å². The van der Waals surface area contributed by atoms with Crippen LogP contribution in [0.5, 0.6) is 0 Å². The summed E-state index contributed by atoms with van der Waals surface area (Å²) in [4.78, 5) is 2.56. The first-order valence-corrected chi connectivity index (χ1v) is 10.4. The van der Waals surface area contributed by atoms with Crippen LogP contribution in [-0.4, -0.2) is 29.6 Å². The van der Waals surface area contributed by atoms with Gasteiger partial charge in [-0.1, -0.05) is 42.5 Å². The molecule has 5 rings (SSSR count). The van der Waals surface area contributed by atoms with E-state index in [9.17, 15) is 9.50 Å². The molecule has 0 amide bonds. The molecule has 1 N–H and O–H groups in total. The van der Waals surface area contributed by atoms with E-state index >= 15 is 0 Å². The molecule has 2 aromatic carbocycles. The largest absolute Gasteiger partial charge is 0.385 e. The SMILES string of the molecule is O[C@@](CCN1CC2CCC(CC2)C1)(Cc1ccccc1)c1ccc(F)cc1. The molecular formula is C24H30FNO. The van der Waals surface area contributed by atoms with E-state index in [0.29, 0.717) is 12.8 Å². The highest BCUT2D eigenvalue weighted by molar-refractivity contribution is 5.27. The van der Waals surface area contributed by atoms with Gasteiger partial charge in [-0.2, -0.15) is 0 Å². The third-order valence-electron chi connectivity index (χ3n) is 6.56. The molecule has 2 aliphatic heterocycles. The van der Waals surface area contributed by atoms with Crippen LogP contribution in [0.1, 0.15) is 43.2 Å². The van der Waals surface area contributed by atoms with E-state index in [0.717, 1.165) is 29.5 Å². The summed E-state index contributed by atoms with van der Waals surface area (Å²) in [5.74, 6) is 1.40. The van der Waals surface area contributed by atoms with Crippen LogP contribution < -0.4 is 0 Å². The predicted octanol–water partition coefficient (Wildman–Crippen LogP) is 4.77. The standard InChI is InChI=1S/C24H30FNO/c25-23-12-10-22(11-13-23)24(27,16-19-4-2-1-3-5-19)14-15-26-17-20-6-7-21(18-26)9-8-20/h1-5,10-13,20-21,27H,6-9,14-18H2/t20?,21?,24-/m0/s1. The van der Waals surface area contributed by atoms with Crippen molar-refractivity contribution in [2.45, 2.75) is 44.1 Å². The number of hydrogen-bond acceptors (Lipinski definition) is 2. The number of aliphatic hydroxyl groups is 1. The molecule has 2 heterocycles. The molecular weight excluding hydrogens is 337 g/mol. The third kappa shape index (κ3) is 4.59. The van der Waals surface area contributed by atoms with Crippen LogP contribution in [0.15, 0.2) is 54.6 Å². The zero-order valence-electron chi connectivity index (χ0n) is 16.0. The predicted molar refractivity (Wildman–Crippen MR) is 107 cm³/mol. The Morgan fingerprint density at radius 3 is 2.07 bits per heavy atom. The zero-order valence-corrected chi connectivity index (χ0v) is 16.0. The van der Waals surface area contributed by atoms with E-state index in [1.165, 1.54) is 50.9 Å². The molecule has 2 aromatic rings. The fourth-order valence-electron chi connectivity index (χ4n) is 4.96. The molecule has 0 radical (unpaired) electrons. The van der Waals surface area contributed by atoms with Crippen LogP contribution in [0.3, 0.4) is 0 Å². The van der Waals surface area contributed by atoms with Gasteiger partial charge in [-0.05, 0) is 67.2 Å². The fraction of sp³-hybridized carbons (Fsp3) is 0.500. The molecule has 1 aliphatic carbocycles. The van der Waals surface area contributed by atoms with Crippen molar-refractivity contribution in [1.82, 2.24) is 4.90 Å². The second-order valence-corrected chi connectivity index (χ2v) is 8.60. The Morgan fingerprint density at radius 2 is 1.48 bits per heavy atom. The van der Waals surface area contributed by atoms with Gasteiger partial charge in [-0.3, -0.25) is 0 Å². The number of benzene rings is 2. The lowest BCUT2D eigenvalue weighted by molar-refractivity contribution is 0.0162. The van der Waals surface area contributed by atoms with Gasteiger partial charge >= 0.3 is 0 Å². The van der Waals surface area contributed by atoms with Gasteiger partial charge in [0.15, 0.2) is 0 Å². The molecule has 3 aliphatic rings. The molecule has 3 fully saturated rings. The lowest BCUT2D eigenvalue weighted by Gasteiger charge is -2.32. The van der Waals surface area contributed by atoms with Gasteiger partial charge in [0, 0.05) is 26.1 Å². The quantitative estimate of drug-likeness (QED) is 0.795. The van der Waals surface area contributed by atoms with Gasteiger partial charge in [0.2, 0.25) is 0 Å². The highest BCUT2D eigenvalue weighted by Crippen LogP contribution is 2.35. The lowest BCUT2D eigenvalue weighted by atomic mass is 9.84. The van der Waals surface area contributed by atoms with Gasteiger partial charge in [0.05, 0.1) is 5.60 Å². The summed E-state index contributed by atoms with van der Waals surface area (Å²) in [6.45, 7) is 3.23. The first-order chi connectivity index (χ1) is 13.1. The second-order valence-electron chi connectivity index (χ2n) is 8.60. The number of nitrogens with zero attached hydrogens (tertiary/aromatic N) is 1. The van der Waals surface area contributed by atoms with Crippen molar-refractivity contribution >= 4 is 0 Å². The van der Waals surface area contributed by atoms with Crippen molar-refractivity contribution in [3.63, 3.8) is 0 Å². The van der Waals surface area contributed by atoms with Crippen molar-refractivity contribution in [3.05, 3.63) is 71.5 Å². The summed E-state index contributed by atoms with van der Waals surface area (Å²) < 4.78 is 13.4. The van der Waals surface area contributed by atoms with Crippen molar-refractivity contribution in [2.24, 2.45) is 11.8 Å². The van der Waals surface area contributed by atoms with Crippen molar-refractivity contribution in [1.29, 1.82) is 0 Å². The van der Waals surface area contributed by atoms with Crippen molar-refractivity contribution < 1.29 is 9.50 Å². The zero-order chi connectivity index (χ0) is 18.7. The van der Waals surface area contributed by atoms with Gasteiger partial charge in [0.1, 0.15) is 5.82 Å². The van der Waals surface area contributed by atoms with Crippen LogP contribution in [0.4, 0.5) is 4.39 Å². The molecule has 3 heteroatoms. The minimum Gasteiger partial charge on any atom is -0.385 e. The maximum Gasteiger partial charge on any atom is 0.123 e. The van der Waals surface area contributed by atoms with E-state index in [2.05, 4.69) is 17.0 Å².